The van der Waals surface area contributed by atoms with Crippen molar-refractivity contribution in [1.82, 2.24) is 0 Å². The van der Waals surface area contributed by atoms with Crippen LogP contribution in [-0.4, -0.2) is 5.78 Å². The fourth-order valence-electron chi connectivity index (χ4n) is 6.84. The first-order valence-corrected chi connectivity index (χ1v) is 13.4. The lowest BCUT2D eigenvalue weighted by molar-refractivity contribution is 0.103. The molecule has 2 aliphatic rings. The van der Waals surface area contributed by atoms with Gasteiger partial charge in [0.1, 0.15) is 0 Å². The van der Waals surface area contributed by atoms with Gasteiger partial charge in [-0.2, -0.15) is 0 Å². The fourth-order valence-corrected chi connectivity index (χ4v) is 6.84. The van der Waals surface area contributed by atoms with E-state index >= 15 is 0 Å². The highest BCUT2D eigenvalue weighted by molar-refractivity contribution is 6.15. The maximum Gasteiger partial charge on any atom is 0.193 e. The van der Waals surface area contributed by atoms with E-state index in [0.29, 0.717) is 0 Å². The second-order valence-electron chi connectivity index (χ2n) is 10.4. The minimum absolute atomic E-state index is 0.0879. The molecule has 0 saturated carbocycles. The molecule has 39 heavy (non-hydrogen) atoms. The summed E-state index contributed by atoms with van der Waals surface area (Å²) in [5.74, 6) is 0.0879. The highest BCUT2D eigenvalue weighted by Gasteiger charge is 2.51. The first-order valence-electron chi connectivity index (χ1n) is 13.4. The van der Waals surface area contributed by atoms with E-state index in [0.717, 1.165) is 44.5 Å². The van der Waals surface area contributed by atoms with Crippen LogP contribution >= 0.6 is 0 Å². The van der Waals surface area contributed by atoms with Gasteiger partial charge in [0, 0.05) is 11.1 Å². The molecule has 0 aromatic heterocycles. The maximum atomic E-state index is 14.3. The molecule has 0 bridgehead atoms. The second-order valence-corrected chi connectivity index (χ2v) is 10.4. The minimum Gasteiger partial charge on any atom is -0.289 e. The molecule has 0 radical (unpaired) electrons. The molecule has 182 valence electrons. The Hall–Kier alpha value is -5.01. The fraction of sp³-hybridized carbons (Fsp3) is 0.0263. The van der Waals surface area contributed by atoms with E-state index in [2.05, 4.69) is 115 Å². The Bertz CT molecular complexity index is 1870. The Balaban J connectivity index is 1.50. The Morgan fingerprint density at radius 2 is 0.821 bits per heavy atom. The minimum atomic E-state index is -0.578. The van der Waals surface area contributed by atoms with Crippen LogP contribution in [-0.2, 0) is 5.41 Å². The van der Waals surface area contributed by atoms with E-state index in [4.69, 9.17) is 0 Å². The van der Waals surface area contributed by atoms with Gasteiger partial charge in [0.2, 0.25) is 0 Å². The van der Waals surface area contributed by atoms with E-state index in [1.54, 1.807) is 0 Å². The number of hydrogen-bond acceptors (Lipinski definition) is 1. The summed E-state index contributed by atoms with van der Waals surface area (Å²) >= 11 is 0. The molecule has 1 heteroatoms. The number of hydrogen-bond donors (Lipinski definition) is 0. The van der Waals surface area contributed by atoms with Crippen molar-refractivity contribution in [1.29, 1.82) is 0 Å². The summed E-state index contributed by atoms with van der Waals surface area (Å²) in [5, 5.41) is 0. The normalized spacial score (nSPS) is 13.9. The molecule has 0 heterocycles. The predicted molar refractivity (Wildman–Crippen MR) is 158 cm³/mol. The van der Waals surface area contributed by atoms with E-state index in [1.807, 2.05) is 30.3 Å². The summed E-state index contributed by atoms with van der Waals surface area (Å²) in [7, 11) is 0. The summed E-state index contributed by atoms with van der Waals surface area (Å²) in [5.41, 5.74) is 12.5. The van der Waals surface area contributed by atoms with Gasteiger partial charge in [-0.05, 0) is 67.8 Å². The Morgan fingerprint density at radius 3 is 1.44 bits per heavy atom. The number of benzene rings is 6. The summed E-state index contributed by atoms with van der Waals surface area (Å²) in [6.07, 6.45) is 0. The second kappa shape index (κ2) is 8.24. The van der Waals surface area contributed by atoms with E-state index in [1.165, 1.54) is 22.3 Å². The van der Waals surface area contributed by atoms with Gasteiger partial charge in [0.15, 0.2) is 5.78 Å². The third-order valence-corrected chi connectivity index (χ3v) is 8.50. The molecule has 6 aromatic rings. The number of ketones is 1. The van der Waals surface area contributed by atoms with Crippen LogP contribution in [0.5, 0.6) is 0 Å². The molecule has 6 aromatic carbocycles. The van der Waals surface area contributed by atoms with Crippen LogP contribution in [0.1, 0.15) is 38.2 Å². The maximum absolute atomic E-state index is 14.3. The highest BCUT2D eigenvalue weighted by atomic mass is 16.1. The van der Waals surface area contributed by atoms with Crippen LogP contribution in [0.15, 0.2) is 146 Å². The molecular formula is C38H24O. The summed E-state index contributed by atoms with van der Waals surface area (Å²) in [6, 6.07) is 51.1. The van der Waals surface area contributed by atoms with Gasteiger partial charge in [-0.1, -0.05) is 133 Å². The van der Waals surface area contributed by atoms with Crippen molar-refractivity contribution in [3.63, 3.8) is 0 Å². The average Bonchev–Trinajstić information content (AvgIpc) is 3.31. The third-order valence-electron chi connectivity index (χ3n) is 8.50. The van der Waals surface area contributed by atoms with Crippen molar-refractivity contribution in [2.24, 2.45) is 0 Å². The van der Waals surface area contributed by atoms with Crippen molar-refractivity contribution < 1.29 is 4.79 Å². The quantitative estimate of drug-likeness (QED) is 0.233. The molecule has 1 spiro atoms. The van der Waals surface area contributed by atoms with E-state index in [9.17, 15) is 4.79 Å². The van der Waals surface area contributed by atoms with Gasteiger partial charge >= 0.3 is 0 Å². The van der Waals surface area contributed by atoms with Crippen LogP contribution < -0.4 is 0 Å². The lowest BCUT2D eigenvalue weighted by Gasteiger charge is -2.40. The number of carbonyl (C=O) groups is 1. The zero-order chi connectivity index (χ0) is 26.0. The topological polar surface area (TPSA) is 17.1 Å². The van der Waals surface area contributed by atoms with Gasteiger partial charge < -0.3 is 0 Å². The third kappa shape index (κ3) is 2.99. The lowest BCUT2D eigenvalue weighted by atomic mass is 9.61. The monoisotopic (exact) mass is 496 g/mol. The Morgan fingerprint density at radius 1 is 0.333 bits per heavy atom. The van der Waals surface area contributed by atoms with Crippen LogP contribution in [0.3, 0.4) is 0 Å². The van der Waals surface area contributed by atoms with Crippen LogP contribution in [0.2, 0.25) is 0 Å². The Kier molecular flexibility index (Phi) is 4.65. The summed E-state index contributed by atoms with van der Waals surface area (Å²) in [4.78, 5) is 14.3. The molecule has 0 atom stereocenters. The number of rotatable bonds is 2. The van der Waals surface area contributed by atoms with Crippen LogP contribution in [0.4, 0.5) is 0 Å². The van der Waals surface area contributed by atoms with Crippen molar-refractivity contribution in [3.8, 4) is 33.4 Å². The Labute approximate surface area is 228 Å². The number of fused-ring (bicyclic) bond motifs is 9. The molecule has 0 N–H and O–H groups in total. The largest absolute Gasteiger partial charge is 0.289 e. The standard InChI is InChI=1S/C38H24O/c39-37-31-21-19-28(26-13-5-2-6-14-26)24-36(31)38(33-17-9-7-15-29(33)30-16-8-10-18-34(30)38)35-22-20-27(23-32(35)37)25-11-3-1-4-12-25/h1-24H. The van der Waals surface area contributed by atoms with Gasteiger partial charge in [0.05, 0.1) is 5.41 Å². The van der Waals surface area contributed by atoms with Crippen LogP contribution in [0, 0.1) is 0 Å². The van der Waals surface area contributed by atoms with Crippen molar-refractivity contribution in [3.05, 3.63) is 179 Å². The smallest absolute Gasteiger partial charge is 0.193 e. The predicted octanol–water partition coefficient (Wildman–Crippen LogP) is 8.93. The van der Waals surface area contributed by atoms with Gasteiger partial charge in [0.25, 0.3) is 0 Å². The van der Waals surface area contributed by atoms with Gasteiger partial charge in [-0.15, -0.1) is 0 Å². The zero-order valence-corrected chi connectivity index (χ0v) is 21.3. The molecule has 0 amide bonds. The van der Waals surface area contributed by atoms with Crippen LogP contribution in [0.25, 0.3) is 33.4 Å². The highest BCUT2D eigenvalue weighted by Crippen LogP contribution is 2.59. The van der Waals surface area contributed by atoms with E-state index in [-0.39, 0.29) is 5.78 Å². The molecule has 2 aliphatic carbocycles. The summed E-state index contributed by atoms with van der Waals surface area (Å²) in [6.45, 7) is 0. The van der Waals surface area contributed by atoms with Gasteiger partial charge in [-0.25, -0.2) is 0 Å². The molecule has 0 fully saturated rings. The van der Waals surface area contributed by atoms with Crippen molar-refractivity contribution in [2.45, 2.75) is 5.41 Å². The molecule has 0 unspecified atom stereocenters. The molecule has 8 rings (SSSR count). The molecule has 1 nitrogen and oxygen atoms in total. The first kappa shape index (κ1) is 22.0. The average molecular weight is 497 g/mol. The number of carbonyl (C=O) groups excluding carboxylic acids is 1. The molecular weight excluding hydrogens is 472 g/mol. The molecule has 0 saturated heterocycles. The van der Waals surface area contributed by atoms with Crippen molar-refractivity contribution in [2.75, 3.05) is 0 Å². The van der Waals surface area contributed by atoms with Gasteiger partial charge in [-0.3, -0.25) is 4.79 Å². The molecule has 0 aliphatic heterocycles. The SMILES string of the molecule is O=C1c2cc(-c3ccccc3)ccc2C2(c3cc(-c4ccccc4)ccc31)c1ccccc1-c1ccccc12. The lowest BCUT2D eigenvalue weighted by Crippen LogP contribution is -2.36. The zero-order valence-electron chi connectivity index (χ0n) is 21.3. The van der Waals surface area contributed by atoms with Crippen molar-refractivity contribution >= 4 is 5.78 Å². The first-order chi connectivity index (χ1) is 19.3. The van der Waals surface area contributed by atoms with E-state index < -0.39 is 5.41 Å². The summed E-state index contributed by atoms with van der Waals surface area (Å²) < 4.78 is 0.